The number of hydrogen-bond donors (Lipinski definition) is 4. The normalized spacial score (nSPS) is 12.7. The van der Waals surface area contributed by atoms with Crippen molar-refractivity contribution in [2.45, 2.75) is 33.0 Å². The highest BCUT2D eigenvalue weighted by Gasteiger charge is 2.23. The average molecular weight is 504 g/mol. The highest BCUT2D eigenvalue weighted by Crippen LogP contribution is 2.29. The van der Waals surface area contributed by atoms with Crippen LogP contribution in [0.4, 0.5) is 17.3 Å². The summed E-state index contributed by atoms with van der Waals surface area (Å²) in [5.74, 6) is 0.0820. The molecule has 0 saturated carbocycles. The van der Waals surface area contributed by atoms with Gasteiger partial charge in [-0.3, -0.25) is 19.7 Å². The minimum atomic E-state index is -0.412. The van der Waals surface area contributed by atoms with Gasteiger partial charge >= 0.3 is 0 Å². The van der Waals surface area contributed by atoms with E-state index in [1.165, 1.54) is 5.06 Å². The molecule has 37 heavy (non-hydrogen) atoms. The number of aliphatic hydroxyl groups excluding tert-OH is 1. The molecule has 0 radical (unpaired) electrons. The number of fused-ring (bicyclic) bond motifs is 1. The largest absolute Gasteiger partial charge is 0.443 e. The molecule has 4 rings (SSSR count). The number of aliphatic hydroxyl groups is 1. The number of rotatable bonds is 9. The molecule has 1 aromatic heterocycles. The van der Waals surface area contributed by atoms with Gasteiger partial charge in [-0.05, 0) is 48.4 Å². The number of amidine groups is 1. The number of anilines is 2. The Morgan fingerprint density at radius 2 is 1.92 bits per heavy atom. The van der Waals surface area contributed by atoms with Crippen molar-refractivity contribution in [3.63, 3.8) is 0 Å². The van der Waals surface area contributed by atoms with Crippen molar-refractivity contribution < 1.29 is 24.0 Å². The first-order chi connectivity index (χ1) is 17.9. The number of carbonyl (C=O) groups is 2. The van der Waals surface area contributed by atoms with Crippen molar-refractivity contribution in [3.05, 3.63) is 82.6 Å². The minimum absolute atomic E-state index is 0.136. The number of amides is 2. The average Bonchev–Trinajstić information content (AvgIpc) is 3.27. The summed E-state index contributed by atoms with van der Waals surface area (Å²) in [7, 11) is 0. The second-order valence-electron chi connectivity index (χ2n) is 8.52. The number of hydrogen-bond acceptors (Lipinski definition) is 8. The summed E-state index contributed by atoms with van der Waals surface area (Å²) >= 11 is 0. The highest BCUT2D eigenvalue weighted by atomic mass is 16.7. The van der Waals surface area contributed by atoms with Gasteiger partial charge in [0.15, 0.2) is 5.88 Å². The number of aliphatic imine (C=N–C) groups is 1. The van der Waals surface area contributed by atoms with Crippen molar-refractivity contribution in [3.8, 4) is 0 Å². The van der Waals surface area contributed by atoms with Gasteiger partial charge in [-0.25, -0.2) is 10.1 Å². The Hall–Kier alpha value is -4.41. The molecule has 2 heterocycles. The number of benzene rings is 2. The summed E-state index contributed by atoms with van der Waals surface area (Å²) in [5, 5.41) is 13.1. The highest BCUT2D eigenvalue weighted by molar-refractivity contribution is 6.07. The lowest BCUT2D eigenvalue weighted by molar-refractivity contribution is -0.187. The molecule has 1 aliphatic heterocycles. The Bertz CT molecular complexity index is 1340. The van der Waals surface area contributed by atoms with E-state index in [1.807, 2.05) is 19.1 Å². The fraction of sp³-hybridized carbons (Fsp3) is 0.222. The maximum Gasteiger partial charge on any atom is 0.273 e. The summed E-state index contributed by atoms with van der Waals surface area (Å²) in [6, 6.07) is 15.3. The second kappa shape index (κ2) is 11.5. The topological polar surface area (TPSA) is 156 Å². The van der Waals surface area contributed by atoms with Crippen molar-refractivity contribution in [1.82, 2.24) is 5.06 Å². The second-order valence-corrected chi connectivity index (χ2v) is 8.52. The molecule has 0 bridgehead atoms. The minimum Gasteiger partial charge on any atom is -0.443 e. The molecular formula is C27H29N5O5. The maximum absolute atomic E-state index is 13.4. The van der Waals surface area contributed by atoms with Crippen LogP contribution in [0.2, 0.25) is 0 Å². The molecule has 0 unspecified atom stereocenters. The molecule has 0 aliphatic carbocycles. The molecule has 10 heteroatoms. The Kier molecular flexibility index (Phi) is 8.02. The van der Waals surface area contributed by atoms with Gasteiger partial charge in [-0.1, -0.05) is 25.1 Å². The molecule has 10 nitrogen and oxygen atoms in total. The van der Waals surface area contributed by atoms with Crippen molar-refractivity contribution in [2.24, 2.45) is 10.7 Å². The van der Waals surface area contributed by atoms with E-state index in [4.69, 9.17) is 25.8 Å². The molecular weight excluding hydrogens is 474 g/mol. The Labute approximate surface area is 214 Å². The maximum atomic E-state index is 13.4. The molecule has 192 valence electrons. The Morgan fingerprint density at radius 3 is 2.62 bits per heavy atom. The molecule has 0 spiro atoms. The first kappa shape index (κ1) is 25.7. The van der Waals surface area contributed by atoms with E-state index < -0.39 is 5.91 Å². The first-order valence-electron chi connectivity index (χ1n) is 11.8. The van der Waals surface area contributed by atoms with Crippen molar-refractivity contribution >= 4 is 41.0 Å². The smallest absolute Gasteiger partial charge is 0.273 e. The van der Waals surface area contributed by atoms with Crippen LogP contribution in [0.5, 0.6) is 0 Å². The number of nitrogens with two attached hydrogens (primary N) is 2. The van der Waals surface area contributed by atoms with Gasteiger partial charge in [0.05, 0.1) is 5.69 Å². The fourth-order valence-electron chi connectivity index (χ4n) is 3.74. The zero-order valence-corrected chi connectivity index (χ0v) is 20.4. The third-order valence-electron chi connectivity index (χ3n) is 5.61. The molecule has 1 aliphatic rings. The predicted octanol–water partition coefficient (Wildman–Crippen LogP) is 3.75. The summed E-state index contributed by atoms with van der Waals surface area (Å²) < 4.78 is 5.31. The summed E-state index contributed by atoms with van der Waals surface area (Å²) in [6.07, 6.45) is 2.56. The molecule has 0 atom stereocenters. The Balaban J connectivity index is 1.52. The van der Waals surface area contributed by atoms with Crippen LogP contribution in [0.25, 0.3) is 6.08 Å². The monoisotopic (exact) mass is 503 g/mol. The van der Waals surface area contributed by atoms with Crippen LogP contribution in [0.15, 0.2) is 69.6 Å². The van der Waals surface area contributed by atoms with Gasteiger partial charge in [0.1, 0.15) is 24.8 Å². The van der Waals surface area contributed by atoms with E-state index in [1.54, 1.807) is 48.5 Å². The van der Waals surface area contributed by atoms with Gasteiger partial charge in [0.25, 0.3) is 11.8 Å². The van der Waals surface area contributed by atoms with E-state index in [0.717, 1.165) is 5.56 Å². The molecule has 0 fully saturated rings. The van der Waals surface area contributed by atoms with Gasteiger partial charge in [-0.15, -0.1) is 0 Å². The predicted molar refractivity (Wildman–Crippen MR) is 141 cm³/mol. The van der Waals surface area contributed by atoms with Gasteiger partial charge < -0.3 is 21.0 Å². The molecule has 6 N–H and O–H groups in total. The van der Waals surface area contributed by atoms with Crippen molar-refractivity contribution in [2.75, 3.05) is 17.6 Å². The third kappa shape index (κ3) is 6.43. The van der Waals surface area contributed by atoms with Crippen LogP contribution < -0.4 is 16.8 Å². The number of hydroxylamine groups is 2. The molecule has 0 saturated heterocycles. The SMILES string of the molecule is CCCN(OCc1ccc(N)cc1)C(=O)C1=Cc2ccc(C(=O)Nc3ccc(CO)o3)cc2N=C(N)C1. The Morgan fingerprint density at radius 1 is 1.14 bits per heavy atom. The third-order valence-corrected chi connectivity index (χ3v) is 5.61. The lowest BCUT2D eigenvalue weighted by Gasteiger charge is -2.22. The van der Waals surface area contributed by atoms with Crippen LogP contribution in [0.3, 0.4) is 0 Å². The number of nitrogens with zero attached hydrogens (tertiary/aromatic N) is 2. The van der Waals surface area contributed by atoms with Crippen LogP contribution in [0, 0.1) is 0 Å². The number of furan rings is 1. The van der Waals surface area contributed by atoms with Crippen LogP contribution in [-0.2, 0) is 22.8 Å². The number of carbonyl (C=O) groups excluding carboxylic acids is 2. The summed E-state index contributed by atoms with van der Waals surface area (Å²) in [4.78, 5) is 36.4. The zero-order chi connectivity index (χ0) is 26.4. The summed E-state index contributed by atoms with van der Waals surface area (Å²) in [6.45, 7) is 2.31. The van der Waals surface area contributed by atoms with E-state index >= 15 is 0 Å². The van der Waals surface area contributed by atoms with Crippen LogP contribution in [-0.4, -0.2) is 34.4 Å². The fourth-order valence-corrected chi connectivity index (χ4v) is 3.74. The standard InChI is InChI=1S/C27H29N5O5/c1-2-11-32(36-16-17-3-7-21(28)8-4-17)27(35)20-12-18-5-6-19(13-23(18)30-24(29)14-20)26(34)31-25-10-9-22(15-33)37-25/h3-10,12-13,33H,2,11,14-16,28H2,1H3,(H2,29,30)(H,31,34). The van der Waals surface area contributed by atoms with Gasteiger partial charge in [0, 0.05) is 41.4 Å². The van der Waals surface area contributed by atoms with E-state index in [0.29, 0.717) is 46.8 Å². The van der Waals surface area contributed by atoms with Crippen LogP contribution in [0.1, 0.15) is 47.0 Å². The van der Waals surface area contributed by atoms with Crippen LogP contribution >= 0.6 is 0 Å². The lowest BCUT2D eigenvalue weighted by atomic mass is 10.0. The molecule has 2 amide bonds. The van der Waals surface area contributed by atoms with Crippen molar-refractivity contribution in [1.29, 1.82) is 0 Å². The van der Waals surface area contributed by atoms with E-state index in [9.17, 15) is 9.59 Å². The quantitative estimate of drug-likeness (QED) is 0.256. The first-order valence-corrected chi connectivity index (χ1v) is 11.8. The zero-order valence-electron chi connectivity index (χ0n) is 20.4. The number of nitrogens with one attached hydrogen (secondary N) is 1. The van der Waals surface area contributed by atoms with Gasteiger partial charge in [-0.2, -0.15) is 0 Å². The molecule has 2 aromatic carbocycles. The van der Waals surface area contributed by atoms with Gasteiger partial charge in [0.2, 0.25) is 0 Å². The van der Waals surface area contributed by atoms with E-state index in [2.05, 4.69) is 10.3 Å². The summed E-state index contributed by atoms with van der Waals surface area (Å²) in [5.41, 5.74) is 15.3. The number of nitrogen functional groups attached to an aromatic ring is 1. The van der Waals surface area contributed by atoms with E-state index in [-0.39, 0.29) is 37.3 Å². The lowest BCUT2D eigenvalue weighted by Crippen LogP contribution is -2.34. The molecule has 3 aromatic rings.